The molecule has 1 aliphatic carbocycles. The molecule has 0 unspecified atom stereocenters. The van der Waals surface area contributed by atoms with Gasteiger partial charge in [0.25, 0.3) is 0 Å². The molecule has 0 atom stereocenters. The Balaban J connectivity index is 2.00. The maximum atomic E-state index is 9.91. The van der Waals surface area contributed by atoms with Crippen molar-refractivity contribution in [2.75, 3.05) is 52.9 Å². The third kappa shape index (κ3) is 5.53. The van der Waals surface area contributed by atoms with Crippen LogP contribution in [0.1, 0.15) is 44.5 Å². The predicted octanol–water partition coefficient (Wildman–Crippen LogP) is 4.77. The summed E-state index contributed by atoms with van der Waals surface area (Å²) in [5, 5.41) is 38.9. The highest BCUT2D eigenvalue weighted by atomic mass is 16.5. The van der Waals surface area contributed by atoms with Crippen molar-refractivity contribution in [2.24, 2.45) is 0 Å². The zero-order valence-corrected chi connectivity index (χ0v) is 26.4. The number of rotatable bonds is 14. The van der Waals surface area contributed by atoms with Gasteiger partial charge < -0.3 is 39.4 Å². The van der Waals surface area contributed by atoms with Gasteiger partial charge >= 0.3 is 0 Å². The van der Waals surface area contributed by atoms with Gasteiger partial charge in [0.15, 0.2) is 0 Å². The van der Waals surface area contributed by atoms with Crippen LogP contribution in [0.5, 0.6) is 23.0 Å². The lowest BCUT2D eigenvalue weighted by molar-refractivity contribution is 0.190. The average Bonchev–Trinajstić information content (AvgIpc) is 3.34. The molecule has 0 amide bonds. The van der Waals surface area contributed by atoms with Crippen molar-refractivity contribution in [1.29, 1.82) is 0 Å². The lowest BCUT2D eigenvalue weighted by Crippen LogP contribution is -2.33. The minimum Gasteiger partial charge on any atom is -0.491 e. The summed E-state index contributed by atoms with van der Waals surface area (Å²) in [7, 11) is 0. The standard InChI is InChI=1S/C37H42O8/c1-23-21-31(42-17-13-38)25(3)35(44-19-15-40)33(23)37(29-11-7-5-9-27(29)28-10-6-8-12-30(28)37)34-24(2)22-32(43-18-14-39)26(4)36(34)45-20-16-41/h5-12,21-22,38-41H,13-20H2,1-4H3. The van der Waals surface area contributed by atoms with Crippen LogP contribution in [-0.4, -0.2) is 73.3 Å². The first-order chi connectivity index (χ1) is 21.9. The molecular formula is C37H42O8. The number of hydrogen-bond donors (Lipinski definition) is 4. The van der Waals surface area contributed by atoms with Crippen LogP contribution in [0.25, 0.3) is 11.1 Å². The molecule has 0 saturated carbocycles. The SMILES string of the molecule is Cc1cc(OCCO)c(C)c(OCCO)c1C1(c2c(C)cc(OCCO)c(C)c2OCCO)c2ccccc2-c2ccccc21. The molecule has 0 radical (unpaired) electrons. The second kappa shape index (κ2) is 13.9. The molecule has 0 spiro atoms. The summed E-state index contributed by atoms with van der Waals surface area (Å²) in [6, 6.07) is 20.6. The third-order valence-corrected chi connectivity index (χ3v) is 8.43. The molecule has 4 N–H and O–H groups in total. The summed E-state index contributed by atoms with van der Waals surface area (Å²) in [6.07, 6.45) is 0. The van der Waals surface area contributed by atoms with Crippen molar-refractivity contribution in [3.8, 4) is 34.1 Å². The summed E-state index contributed by atoms with van der Waals surface area (Å²) in [4.78, 5) is 0. The number of benzene rings is 4. The van der Waals surface area contributed by atoms with E-state index in [2.05, 4.69) is 24.3 Å². The zero-order valence-electron chi connectivity index (χ0n) is 26.4. The van der Waals surface area contributed by atoms with Crippen LogP contribution in [0.3, 0.4) is 0 Å². The molecular weight excluding hydrogens is 572 g/mol. The Labute approximate surface area is 264 Å². The Bertz CT molecular complexity index is 1540. The van der Waals surface area contributed by atoms with Crippen LogP contribution in [0.15, 0.2) is 60.7 Å². The first-order valence-electron chi connectivity index (χ1n) is 15.3. The minimum absolute atomic E-state index is 0.0654. The normalized spacial score (nSPS) is 12.9. The molecule has 238 valence electrons. The van der Waals surface area contributed by atoms with Crippen LogP contribution < -0.4 is 18.9 Å². The van der Waals surface area contributed by atoms with Gasteiger partial charge in [-0.15, -0.1) is 0 Å². The van der Waals surface area contributed by atoms with Crippen molar-refractivity contribution in [3.63, 3.8) is 0 Å². The first kappa shape index (κ1) is 32.3. The Morgan fingerprint density at radius 3 is 1.24 bits per heavy atom. The number of fused-ring (bicyclic) bond motifs is 3. The van der Waals surface area contributed by atoms with Gasteiger partial charge in [-0.1, -0.05) is 48.5 Å². The lowest BCUT2D eigenvalue weighted by atomic mass is 9.64. The zero-order chi connectivity index (χ0) is 32.1. The number of aliphatic hydroxyl groups excluding tert-OH is 4. The van der Waals surface area contributed by atoms with Gasteiger partial charge in [-0.2, -0.15) is 0 Å². The topological polar surface area (TPSA) is 118 Å². The first-order valence-corrected chi connectivity index (χ1v) is 15.3. The van der Waals surface area contributed by atoms with E-state index in [4.69, 9.17) is 18.9 Å². The van der Waals surface area contributed by atoms with Gasteiger partial charge in [-0.05, 0) is 73.2 Å². The number of aliphatic hydroxyl groups is 4. The van der Waals surface area contributed by atoms with Crippen LogP contribution in [0.4, 0.5) is 0 Å². The number of hydrogen-bond acceptors (Lipinski definition) is 8. The summed E-state index contributed by atoms with van der Waals surface area (Å²) in [5.41, 5.74) is 8.27. The number of ether oxygens (including phenoxy) is 4. The molecule has 1 aliphatic rings. The van der Waals surface area contributed by atoms with Gasteiger partial charge in [0, 0.05) is 22.3 Å². The van der Waals surface area contributed by atoms with Crippen molar-refractivity contribution >= 4 is 0 Å². The molecule has 45 heavy (non-hydrogen) atoms. The van der Waals surface area contributed by atoms with Crippen molar-refractivity contribution < 1.29 is 39.4 Å². The van der Waals surface area contributed by atoms with E-state index >= 15 is 0 Å². The molecule has 0 aromatic heterocycles. The Hall–Kier alpha value is -4.08. The Morgan fingerprint density at radius 2 is 0.867 bits per heavy atom. The highest BCUT2D eigenvalue weighted by Gasteiger charge is 2.51. The van der Waals surface area contributed by atoms with Crippen LogP contribution in [0, 0.1) is 27.7 Å². The van der Waals surface area contributed by atoms with Crippen molar-refractivity contribution in [1.82, 2.24) is 0 Å². The minimum atomic E-state index is -0.961. The second-order valence-electron chi connectivity index (χ2n) is 11.2. The van der Waals surface area contributed by atoms with Gasteiger partial charge in [0.05, 0.1) is 31.8 Å². The van der Waals surface area contributed by atoms with Gasteiger partial charge in [0.2, 0.25) is 0 Å². The lowest BCUT2D eigenvalue weighted by Gasteiger charge is -2.39. The summed E-state index contributed by atoms with van der Waals surface area (Å²) >= 11 is 0. The largest absolute Gasteiger partial charge is 0.491 e. The van der Waals surface area contributed by atoms with E-state index in [9.17, 15) is 20.4 Å². The molecule has 0 aliphatic heterocycles. The highest BCUT2D eigenvalue weighted by Crippen LogP contribution is 2.62. The molecule has 4 aromatic carbocycles. The van der Waals surface area contributed by atoms with Gasteiger partial charge in [0.1, 0.15) is 49.4 Å². The maximum absolute atomic E-state index is 9.91. The summed E-state index contributed by atoms with van der Waals surface area (Å²) < 4.78 is 24.8. The van der Waals surface area contributed by atoms with Gasteiger partial charge in [-0.25, -0.2) is 0 Å². The predicted molar refractivity (Wildman–Crippen MR) is 173 cm³/mol. The average molecular weight is 615 g/mol. The monoisotopic (exact) mass is 614 g/mol. The molecule has 0 saturated heterocycles. The smallest absolute Gasteiger partial charge is 0.131 e. The maximum Gasteiger partial charge on any atom is 0.131 e. The van der Waals surface area contributed by atoms with E-state index in [1.54, 1.807) is 0 Å². The fourth-order valence-electron chi connectivity index (χ4n) is 6.81. The van der Waals surface area contributed by atoms with Gasteiger partial charge in [-0.3, -0.25) is 0 Å². The van der Waals surface area contributed by atoms with E-state index in [1.165, 1.54) is 0 Å². The van der Waals surface area contributed by atoms with E-state index in [-0.39, 0.29) is 52.9 Å². The van der Waals surface area contributed by atoms with E-state index in [0.717, 1.165) is 55.6 Å². The summed E-state index contributed by atoms with van der Waals surface area (Å²) in [6.45, 7) is 7.65. The molecule has 5 rings (SSSR count). The molecule has 0 fully saturated rings. The fourth-order valence-corrected chi connectivity index (χ4v) is 6.81. The van der Waals surface area contributed by atoms with Crippen LogP contribution in [0.2, 0.25) is 0 Å². The highest BCUT2D eigenvalue weighted by molar-refractivity contribution is 5.89. The second-order valence-corrected chi connectivity index (χ2v) is 11.2. The van der Waals surface area contributed by atoms with Crippen molar-refractivity contribution in [3.05, 3.63) is 105 Å². The summed E-state index contributed by atoms with van der Waals surface area (Å²) in [5.74, 6) is 2.33. The van der Waals surface area contributed by atoms with Crippen LogP contribution in [-0.2, 0) is 5.41 Å². The van der Waals surface area contributed by atoms with Crippen LogP contribution >= 0.6 is 0 Å². The molecule has 0 bridgehead atoms. The van der Waals surface area contributed by atoms with E-state index < -0.39 is 5.41 Å². The molecule has 4 aromatic rings. The quantitative estimate of drug-likeness (QED) is 0.141. The van der Waals surface area contributed by atoms with E-state index in [1.807, 2.05) is 64.1 Å². The Kier molecular flexibility index (Phi) is 9.99. The molecule has 0 heterocycles. The fraction of sp³-hybridized carbons (Fsp3) is 0.351. The van der Waals surface area contributed by atoms with E-state index in [0.29, 0.717) is 23.0 Å². The van der Waals surface area contributed by atoms with Crippen molar-refractivity contribution in [2.45, 2.75) is 33.1 Å². The number of aryl methyl sites for hydroxylation is 2. The Morgan fingerprint density at radius 1 is 0.511 bits per heavy atom. The molecule has 8 nitrogen and oxygen atoms in total. The third-order valence-electron chi connectivity index (χ3n) is 8.43. The molecule has 8 heteroatoms.